The van der Waals surface area contributed by atoms with Crippen LogP contribution in [0.15, 0.2) is 60.7 Å². The summed E-state index contributed by atoms with van der Waals surface area (Å²) in [6, 6.07) is 18.6. The highest BCUT2D eigenvalue weighted by molar-refractivity contribution is 5.98. The SMILES string of the molecule is Cc1nn(-c2ccccc2)c(C)c1C(=O)OC(C)C(=O)Nc1ccccc1. The largest absolute Gasteiger partial charge is 0.449 e. The van der Waals surface area contributed by atoms with Gasteiger partial charge < -0.3 is 10.1 Å². The molecule has 6 nitrogen and oxygen atoms in total. The summed E-state index contributed by atoms with van der Waals surface area (Å²) in [6.07, 6.45) is -0.934. The van der Waals surface area contributed by atoms with Crippen LogP contribution in [-0.2, 0) is 9.53 Å². The van der Waals surface area contributed by atoms with Crippen LogP contribution in [0.5, 0.6) is 0 Å². The lowest BCUT2D eigenvalue weighted by Gasteiger charge is -2.13. The van der Waals surface area contributed by atoms with Crippen LogP contribution in [-0.4, -0.2) is 27.8 Å². The molecule has 1 atom stereocenters. The van der Waals surface area contributed by atoms with E-state index in [1.54, 1.807) is 37.6 Å². The minimum absolute atomic E-state index is 0.373. The van der Waals surface area contributed by atoms with E-state index in [0.29, 0.717) is 22.6 Å². The molecule has 1 N–H and O–H groups in total. The second-order valence-corrected chi connectivity index (χ2v) is 6.20. The molecule has 0 aliphatic carbocycles. The predicted molar refractivity (Wildman–Crippen MR) is 103 cm³/mol. The first-order chi connectivity index (χ1) is 13.0. The summed E-state index contributed by atoms with van der Waals surface area (Å²) < 4.78 is 7.07. The van der Waals surface area contributed by atoms with Gasteiger partial charge in [-0.3, -0.25) is 4.79 Å². The van der Waals surface area contributed by atoms with Gasteiger partial charge in [0, 0.05) is 5.69 Å². The molecule has 0 radical (unpaired) electrons. The van der Waals surface area contributed by atoms with Gasteiger partial charge in [-0.25, -0.2) is 9.48 Å². The fraction of sp³-hybridized carbons (Fsp3) is 0.190. The third kappa shape index (κ3) is 4.06. The molecule has 2 aromatic carbocycles. The molecule has 3 rings (SSSR count). The number of hydrogen-bond acceptors (Lipinski definition) is 4. The Balaban J connectivity index is 1.74. The number of nitrogens with one attached hydrogen (secondary N) is 1. The van der Waals surface area contributed by atoms with Gasteiger partial charge in [0.15, 0.2) is 6.10 Å². The number of esters is 1. The fourth-order valence-electron chi connectivity index (χ4n) is 2.80. The zero-order valence-electron chi connectivity index (χ0n) is 15.5. The normalized spacial score (nSPS) is 11.7. The smallest absolute Gasteiger partial charge is 0.342 e. The van der Waals surface area contributed by atoms with Crippen molar-refractivity contribution in [3.05, 3.63) is 77.6 Å². The van der Waals surface area contributed by atoms with Crippen LogP contribution in [0.2, 0.25) is 0 Å². The quantitative estimate of drug-likeness (QED) is 0.702. The highest BCUT2D eigenvalue weighted by Gasteiger charge is 2.25. The van der Waals surface area contributed by atoms with Crippen LogP contribution in [0.3, 0.4) is 0 Å². The lowest BCUT2D eigenvalue weighted by atomic mass is 10.2. The first-order valence-electron chi connectivity index (χ1n) is 8.66. The summed E-state index contributed by atoms with van der Waals surface area (Å²) >= 11 is 0. The van der Waals surface area contributed by atoms with Gasteiger partial charge in [-0.15, -0.1) is 0 Å². The topological polar surface area (TPSA) is 73.2 Å². The Hall–Kier alpha value is -3.41. The maximum Gasteiger partial charge on any atom is 0.342 e. The Morgan fingerprint density at radius 2 is 1.59 bits per heavy atom. The van der Waals surface area contributed by atoms with Gasteiger partial charge in [0.1, 0.15) is 5.56 Å². The summed E-state index contributed by atoms with van der Waals surface area (Å²) in [7, 11) is 0. The van der Waals surface area contributed by atoms with Crippen molar-refractivity contribution in [2.24, 2.45) is 0 Å². The second-order valence-electron chi connectivity index (χ2n) is 6.20. The molecular formula is C21H21N3O3. The second kappa shape index (κ2) is 7.86. The molecule has 0 saturated heterocycles. The molecular weight excluding hydrogens is 342 g/mol. The molecule has 0 bridgehead atoms. The average Bonchev–Trinajstić information content (AvgIpc) is 2.97. The predicted octanol–water partition coefficient (Wildman–Crippen LogP) is 3.67. The van der Waals surface area contributed by atoms with Crippen LogP contribution >= 0.6 is 0 Å². The summed E-state index contributed by atoms with van der Waals surface area (Å²) in [5, 5.41) is 7.16. The lowest BCUT2D eigenvalue weighted by molar-refractivity contribution is -0.123. The fourth-order valence-corrected chi connectivity index (χ4v) is 2.80. The van der Waals surface area contributed by atoms with Gasteiger partial charge in [0.25, 0.3) is 5.91 Å². The molecule has 138 valence electrons. The van der Waals surface area contributed by atoms with Gasteiger partial charge in [-0.1, -0.05) is 36.4 Å². The lowest BCUT2D eigenvalue weighted by Crippen LogP contribution is -2.30. The molecule has 6 heteroatoms. The molecule has 1 aromatic heterocycles. The van der Waals surface area contributed by atoms with Crippen molar-refractivity contribution in [3.63, 3.8) is 0 Å². The molecule has 0 saturated carbocycles. The van der Waals surface area contributed by atoms with E-state index in [-0.39, 0.29) is 5.91 Å². The zero-order chi connectivity index (χ0) is 19.4. The molecule has 0 spiro atoms. The number of aryl methyl sites for hydroxylation is 1. The van der Waals surface area contributed by atoms with Crippen molar-refractivity contribution in [2.45, 2.75) is 26.9 Å². The molecule has 0 aliphatic rings. The molecule has 1 unspecified atom stereocenters. The van der Waals surface area contributed by atoms with E-state index in [0.717, 1.165) is 5.69 Å². The van der Waals surface area contributed by atoms with Crippen LogP contribution in [0.25, 0.3) is 5.69 Å². The van der Waals surface area contributed by atoms with E-state index >= 15 is 0 Å². The number of carbonyl (C=O) groups is 2. The monoisotopic (exact) mass is 363 g/mol. The number of hydrogen-bond donors (Lipinski definition) is 1. The molecule has 1 amide bonds. The number of rotatable bonds is 5. The van der Waals surface area contributed by atoms with E-state index in [4.69, 9.17) is 4.74 Å². The number of amides is 1. The van der Waals surface area contributed by atoms with Crippen molar-refractivity contribution < 1.29 is 14.3 Å². The standard InChI is InChI=1S/C21H21N3O3/c1-14-19(15(2)24(23-14)18-12-8-5-9-13-18)21(26)27-16(3)20(25)22-17-10-6-4-7-11-17/h4-13,16H,1-3H3,(H,22,25). The average molecular weight is 363 g/mol. The number of anilines is 1. The molecule has 1 heterocycles. The number of para-hydroxylation sites is 2. The minimum atomic E-state index is -0.934. The zero-order valence-corrected chi connectivity index (χ0v) is 15.5. The summed E-state index contributed by atoms with van der Waals surface area (Å²) in [5.41, 5.74) is 3.09. The van der Waals surface area contributed by atoms with E-state index in [9.17, 15) is 9.59 Å². The van der Waals surface area contributed by atoms with Crippen LogP contribution in [0, 0.1) is 13.8 Å². The summed E-state index contributed by atoms with van der Waals surface area (Å²) in [6.45, 7) is 5.10. The Morgan fingerprint density at radius 3 is 2.22 bits per heavy atom. The molecule has 3 aromatic rings. The Kier molecular flexibility index (Phi) is 5.35. The highest BCUT2D eigenvalue weighted by atomic mass is 16.5. The van der Waals surface area contributed by atoms with Crippen molar-refractivity contribution in [3.8, 4) is 5.69 Å². The minimum Gasteiger partial charge on any atom is -0.449 e. The molecule has 0 fully saturated rings. The van der Waals surface area contributed by atoms with Gasteiger partial charge in [0.2, 0.25) is 0 Å². The van der Waals surface area contributed by atoms with Crippen molar-refractivity contribution in [1.29, 1.82) is 0 Å². The van der Waals surface area contributed by atoms with E-state index < -0.39 is 12.1 Å². The maximum atomic E-state index is 12.6. The van der Waals surface area contributed by atoms with Crippen LogP contribution in [0.1, 0.15) is 28.7 Å². The van der Waals surface area contributed by atoms with E-state index in [1.165, 1.54) is 0 Å². The van der Waals surface area contributed by atoms with Crippen LogP contribution in [0.4, 0.5) is 5.69 Å². The highest BCUT2D eigenvalue weighted by Crippen LogP contribution is 2.19. The Labute approximate surface area is 157 Å². The number of aromatic nitrogens is 2. The van der Waals surface area contributed by atoms with Gasteiger partial charge in [0.05, 0.1) is 17.1 Å². The number of carbonyl (C=O) groups excluding carboxylic acids is 2. The third-order valence-electron chi connectivity index (χ3n) is 4.19. The maximum absolute atomic E-state index is 12.6. The van der Waals surface area contributed by atoms with Crippen molar-refractivity contribution >= 4 is 17.6 Å². The Bertz CT molecular complexity index is 950. The van der Waals surface area contributed by atoms with E-state index in [1.807, 2.05) is 48.5 Å². The molecule has 27 heavy (non-hydrogen) atoms. The Morgan fingerprint density at radius 1 is 1.00 bits per heavy atom. The van der Waals surface area contributed by atoms with Crippen molar-refractivity contribution in [2.75, 3.05) is 5.32 Å². The number of nitrogens with zero attached hydrogens (tertiary/aromatic N) is 2. The number of ether oxygens (including phenoxy) is 1. The summed E-state index contributed by atoms with van der Waals surface area (Å²) in [4.78, 5) is 24.9. The first kappa shape index (κ1) is 18.4. The third-order valence-corrected chi connectivity index (χ3v) is 4.19. The van der Waals surface area contributed by atoms with Gasteiger partial charge >= 0.3 is 5.97 Å². The first-order valence-corrected chi connectivity index (χ1v) is 8.66. The molecule has 0 aliphatic heterocycles. The van der Waals surface area contributed by atoms with Gasteiger partial charge in [-0.2, -0.15) is 5.10 Å². The van der Waals surface area contributed by atoms with Gasteiger partial charge in [-0.05, 0) is 45.0 Å². The van der Waals surface area contributed by atoms with Crippen molar-refractivity contribution in [1.82, 2.24) is 9.78 Å². The van der Waals surface area contributed by atoms with E-state index in [2.05, 4.69) is 10.4 Å². The number of benzene rings is 2. The summed E-state index contributed by atoms with van der Waals surface area (Å²) in [5.74, 6) is -0.955. The van der Waals surface area contributed by atoms with Crippen LogP contribution < -0.4 is 5.32 Å².